The highest BCUT2D eigenvalue weighted by Crippen LogP contribution is 2.29. The van der Waals surface area contributed by atoms with Crippen LogP contribution in [-0.4, -0.2) is 80.2 Å². The fourth-order valence-corrected chi connectivity index (χ4v) is 5.64. The second-order valence-electron chi connectivity index (χ2n) is 12.1. The number of amides is 2. The number of ether oxygens (including phenoxy) is 2. The molecule has 12 nitrogen and oxygen atoms in total. The van der Waals surface area contributed by atoms with E-state index < -0.39 is 0 Å². The van der Waals surface area contributed by atoms with Gasteiger partial charge < -0.3 is 9.47 Å². The van der Waals surface area contributed by atoms with Crippen LogP contribution in [0.2, 0.25) is 10.0 Å². The van der Waals surface area contributed by atoms with E-state index in [2.05, 4.69) is 10.2 Å². The summed E-state index contributed by atoms with van der Waals surface area (Å²) in [4.78, 5) is 23.3. The molecule has 0 unspecified atom stereocenters. The van der Waals surface area contributed by atoms with E-state index in [4.69, 9.17) is 32.7 Å². The van der Waals surface area contributed by atoms with Gasteiger partial charge >= 0.3 is 0 Å². The molecule has 4 aromatic carbocycles. The Balaban J connectivity index is 0.000000208. The summed E-state index contributed by atoms with van der Waals surface area (Å²) in [7, 11) is 5.87. The van der Waals surface area contributed by atoms with Gasteiger partial charge in [0.15, 0.2) is 0 Å². The van der Waals surface area contributed by atoms with Gasteiger partial charge in [0.25, 0.3) is 0 Å². The van der Waals surface area contributed by atoms with Crippen molar-refractivity contribution in [3.05, 3.63) is 131 Å². The fraction of sp³-hybridized carbons (Fsp3) is 0.200. The minimum atomic E-state index is -0.359. The monoisotopic (exact) mass is 770 g/mol. The number of aromatic nitrogens is 4. The van der Waals surface area contributed by atoms with Gasteiger partial charge in [0, 0.05) is 61.0 Å². The molecule has 0 atom stereocenters. The molecule has 2 amide bonds. The van der Waals surface area contributed by atoms with Gasteiger partial charge in [-0.25, -0.2) is 19.5 Å². The summed E-state index contributed by atoms with van der Waals surface area (Å²) in [6.07, 6.45) is 1.19. The van der Waals surface area contributed by atoms with Crippen LogP contribution in [0.1, 0.15) is 24.2 Å². The number of hydrogen-bond acceptors (Lipinski definition) is 8. The summed E-state index contributed by atoms with van der Waals surface area (Å²) < 4.78 is 14.1. The molecule has 0 fully saturated rings. The number of halogens is 2. The van der Waals surface area contributed by atoms with E-state index in [1.54, 1.807) is 14.2 Å². The number of carbonyl (C=O) groups is 2. The molecule has 0 aliphatic heterocycles. The molecule has 0 aliphatic rings. The maximum absolute atomic E-state index is 11.7. The Morgan fingerprint density at radius 3 is 1.22 bits per heavy atom. The van der Waals surface area contributed by atoms with Crippen molar-refractivity contribution in [2.45, 2.75) is 25.7 Å². The Labute approximate surface area is 323 Å². The molecule has 6 aromatic rings. The van der Waals surface area contributed by atoms with Gasteiger partial charge in [0.1, 0.15) is 11.5 Å². The smallest absolute Gasteiger partial charge is 0.246 e. The summed E-state index contributed by atoms with van der Waals surface area (Å²) in [6.45, 7) is 0. The molecule has 280 valence electrons. The zero-order valence-corrected chi connectivity index (χ0v) is 31.7. The van der Waals surface area contributed by atoms with Crippen LogP contribution < -0.4 is 9.47 Å². The third kappa shape index (κ3) is 10.3. The lowest BCUT2D eigenvalue weighted by Gasteiger charge is -2.09. The van der Waals surface area contributed by atoms with Crippen LogP contribution in [0.25, 0.3) is 33.9 Å². The molecule has 54 heavy (non-hydrogen) atoms. The second-order valence-corrected chi connectivity index (χ2v) is 13.0. The third-order valence-electron chi connectivity index (χ3n) is 8.35. The van der Waals surface area contributed by atoms with Crippen LogP contribution in [0, 0.1) is 0 Å². The molecule has 0 saturated heterocycles. The zero-order chi connectivity index (χ0) is 38.8. The van der Waals surface area contributed by atoms with Crippen molar-refractivity contribution in [3.8, 4) is 45.4 Å². The average molecular weight is 772 g/mol. The van der Waals surface area contributed by atoms with Gasteiger partial charge in [-0.2, -0.15) is 10.2 Å². The molecule has 2 heterocycles. The molecular weight excluding hydrogens is 731 g/mol. The van der Waals surface area contributed by atoms with Crippen LogP contribution in [0.5, 0.6) is 11.5 Å². The van der Waals surface area contributed by atoms with Crippen molar-refractivity contribution in [2.75, 3.05) is 28.3 Å². The summed E-state index contributed by atoms with van der Waals surface area (Å²) in [5.41, 5.74) is 6.94. The standard InChI is InChI=1S/2C20H20ClN3O3/c2*1-23(26)20(25)12-7-16-13-19(14-3-5-15(21)6-4-14)24(22-16)17-8-10-18(27-2)11-9-17/h2*3-6,8-11,13,26H,7,12H2,1-2H3. The van der Waals surface area contributed by atoms with Crippen LogP contribution in [0.15, 0.2) is 109 Å². The first-order valence-electron chi connectivity index (χ1n) is 16.8. The molecule has 0 bridgehead atoms. The minimum absolute atomic E-state index is 0.173. The fourth-order valence-electron chi connectivity index (χ4n) is 5.39. The van der Waals surface area contributed by atoms with Gasteiger partial charge in [0.05, 0.1) is 48.4 Å². The van der Waals surface area contributed by atoms with Gasteiger partial charge in [-0.3, -0.25) is 20.0 Å². The van der Waals surface area contributed by atoms with E-state index >= 15 is 0 Å². The maximum Gasteiger partial charge on any atom is 0.246 e. The van der Waals surface area contributed by atoms with Crippen LogP contribution >= 0.6 is 23.2 Å². The first-order valence-corrected chi connectivity index (χ1v) is 17.6. The highest BCUT2D eigenvalue weighted by atomic mass is 35.5. The Kier molecular flexibility index (Phi) is 13.5. The SMILES string of the molecule is COc1ccc(-n2nc(CCC(=O)N(C)O)cc2-c2ccc(Cl)cc2)cc1.COc1ccc(-n2nc(CCC(=O)N(C)O)cc2-c2ccc(Cl)cc2)cc1. The third-order valence-corrected chi connectivity index (χ3v) is 8.85. The number of hydrogen-bond donors (Lipinski definition) is 2. The van der Waals surface area contributed by atoms with Crippen molar-refractivity contribution in [2.24, 2.45) is 0 Å². The van der Waals surface area contributed by atoms with E-state index in [0.717, 1.165) is 56.8 Å². The number of nitrogens with zero attached hydrogens (tertiary/aromatic N) is 6. The second kappa shape index (κ2) is 18.4. The lowest BCUT2D eigenvalue weighted by atomic mass is 10.1. The van der Waals surface area contributed by atoms with Crippen molar-refractivity contribution < 1.29 is 29.5 Å². The summed E-state index contributed by atoms with van der Waals surface area (Å²) in [5, 5.41) is 30.3. The van der Waals surface area contributed by atoms with Crippen LogP contribution in [0.3, 0.4) is 0 Å². The van der Waals surface area contributed by atoms with E-state index in [1.807, 2.05) is 119 Å². The van der Waals surface area contributed by atoms with Crippen molar-refractivity contribution in [3.63, 3.8) is 0 Å². The van der Waals surface area contributed by atoms with E-state index in [-0.39, 0.29) is 24.7 Å². The molecule has 6 rings (SSSR count). The van der Waals surface area contributed by atoms with Gasteiger partial charge in [-0.15, -0.1) is 0 Å². The molecule has 0 spiro atoms. The molecule has 0 radical (unpaired) electrons. The highest BCUT2D eigenvalue weighted by molar-refractivity contribution is 6.30. The number of rotatable bonds is 12. The van der Waals surface area contributed by atoms with Gasteiger partial charge in [-0.05, 0) is 84.9 Å². The number of aryl methyl sites for hydroxylation is 2. The largest absolute Gasteiger partial charge is 0.497 e. The van der Waals surface area contributed by atoms with E-state index in [0.29, 0.717) is 33.0 Å². The first-order chi connectivity index (χ1) is 25.9. The number of benzene rings is 4. The van der Waals surface area contributed by atoms with E-state index in [9.17, 15) is 20.0 Å². The predicted octanol–water partition coefficient (Wildman–Crippen LogP) is 7.96. The molecule has 2 N–H and O–H groups in total. The minimum Gasteiger partial charge on any atom is -0.497 e. The molecular formula is C40H40Cl2N6O6. The molecule has 14 heteroatoms. The predicted molar refractivity (Wildman–Crippen MR) is 207 cm³/mol. The first kappa shape index (κ1) is 39.5. The number of carbonyl (C=O) groups excluding carboxylic acids is 2. The Morgan fingerprint density at radius 1 is 0.593 bits per heavy atom. The lowest BCUT2D eigenvalue weighted by Crippen LogP contribution is -2.22. The van der Waals surface area contributed by atoms with Crippen LogP contribution in [-0.2, 0) is 22.4 Å². The van der Waals surface area contributed by atoms with Crippen molar-refractivity contribution in [1.82, 2.24) is 29.7 Å². The Bertz CT molecular complexity index is 1990. The maximum atomic E-state index is 11.7. The topological polar surface area (TPSA) is 135 Å². The zero-order valence-electron chi connectivity index (χ0n) is 30.2. The van der Waals surface area contributed by atoms with Gasteiger partial charge in [-0.1, -0.05) is 47.5 Å². The molecule has 2 aromatic heterocycles. The van der Waals surface area contributed by atoms with Crippen molar-refractivity contribution in [1.29, 1.82) is 0 Å². The molecule has 0 aliphatic carbocycles. The van der Waals surface area contributed by atoms with Crippen LogP contribution in [0.4, 0.5) is 0 Å². The Hall–Kier alpha value is -5.66. The Morgan fingerprint density at radius 2 is 0.926 bits per heavy atom. The van der Waals surface area contributed by atoms with Crippen molar-refractivity contribution >= 4 is 35.0 Å². The summed E-state index contributed by atoms with van der Waals surface area (Å²) >= 11 is 12.0. The van der Waals surface area contributed by atoms with Gasteiger partial charge in [0.2, 0.25) is 11.8 Å². The number of methoxy groups -OCH3 is 2. The quantitative estimate of drug-likeness (QED) is 0.0946. The van der Waals surface area contributed by atoms with E-state index in [1.165, 1.54) is 14.1 Å². The summed E-state index contributed by atoms with van der Waals surface area (Å²) in [6, 6.07) is 34.0. The molecule has 0 saturated carbocycles. The normalized spacial score (nSPS) is 10.7. The lowest BCUT2D eigenvalue weighted by molar-refractivity contribution is -0.159. The average Bonchev–Trinajstić information content (AvgIpc) is 3.82. The highest BCUT2D eigenvalue weighted by Gasteiger charge is 2.16. The number of hydroxylamine groups is 4. The summed E-state index contributed by atoms with van der Waals surface area (Å²) in [5.74, 6) is 0.801.